The molecule has 0 bridgehead atoms. The van der Waals surface area contributed by atoms with Gasteiger partial charge in [0, 0.05) is 26.7 Å². The first-order valence-corrected chi connectivity index (χ1v) is 4.60. The molecule has 5 heteroatoms. The summed E-state index contributed by atoms with van der Waals surface area (Å²) in [5.41, 5.74) is -0.560. The highest BCUT2D eigenvalue weighted by Crippen LogP contribution is 1.99. The quantitative estimate of drug-likeness (QED) is 0.742. The van der Waals surface area contributed by atoms with E-state index in [1.54, 1.807) is 11.6 Å². The Labute approximate surface area is 82.0 Å². The molecular weight excluding hydrogens is 182 g/mol. The molecule has 5 nitrogen and oxygen atoms in total. The topological polar surface area (TPSA) is 56.0 Å². The molecule has 1 rings (SSSR count). The second kappa shape index (κ2) is 4.13. The second-order valence-corrected chi connectivity index (χ2v) is 3.11. The van der Waals surface area contributed by atoms with Gasteiger partial charge in [-0.15, -0.1) is 0 Å². The van der Waals surface area contributed by atoms with Crippen molar-refractivity contribution in [2.45, 2.75) is 19.9 Å². The molecule has 0 atom stereocenters. The third-order valence-corrected chi connectivity index (χ3v) is 2.10. The Morgan fingerprint density at radius 3 is 2.57 bits per heavy atom. The molecule has 0 aliphatic carbocycles. The van der Waals surface area contributed by atoms with E-state index in [1.165, 1.54) is 13.1 Å². The molecule has 0 aliphatic heterocycles. The van der Waals surface area contributed by atoms with E-state index in [4.69, 9.17) is 0 Å². The fourth-order valence-electron chi connectivity index (χ4n) is 1.32. The molecule has 78 valence electrons. The van der Waals surface area contributed by atoms with Crippen LogP contribution >= 0.6 is 0 Å². The molecule has 0 fully saturated rings. The molecule has 1 heterocycles. The fourth-order valence-corrected chi connectivity index (χ4v) is 1.32. The van der Waals surface area contributed by atoms with Gasteiger partial charge in [0.2, 0.25) is 0 Å². The zero-order valence-electron chi connectivity index (χ0n) is 8.70. The molecule has 0 unspecified atom stereocenters. The molecule has 0 aromatic carbocycles. The summed E-state index contributed by atoms with van der Waals surface area (Å²) in [4.78, 5) is 22.9. The van der Waals surface area contributed by atoms with Crippen LogP contribution in [0.2, 0.25) is 0 Å². The van der Waals surface area contributed by atoms with Crippen LogP contribution in [0.3, 0.4) is 0 Å². The Balaban J connectivity index is 3.45. The first kappa shape index (κ1) is 10.6. The minimum Gasteiger partial charge on any atom is -0.374 e. The Hall–Kier alpha value is -1.52. The number of rotatable bonds is 3. The van der Waals surface area contributed by atoms with E-state index < -0.39 is 0 Å². The normalized spacial score (nSPS) is 10.2. The van der Waals surface area contributed by atoms with Gasteiger partial charge in [-0.2, -0.15) is 0 Å². The smallest absolute Gasteiger partial charge is 0.332 e. The lowest BCUT2D eigenvalue weighted by atomic mass is 10.4. The molecule has 0 saturated heterocycles. The largest absolute Gasteiger partial charge is 0.374 e. The lowest BCUT2D eigenvalue weighted by molar-refractivity contribution is 0.597. The van der Waals surface area contributed by atoms with Gasteiger partial charge in [0.25, 0.3) is 5.56 Å². The van der Waals surface area contributed by atoms with Crippen LogP contribution in [0.15, 0.2) is 15.7 Å². The van der Waals surface area contributed by atoms with Crippen LogP contribution in [0.4, 0.5) is 5.82 Å². The predicted octanol–water partition coefficient (Wildman–Crippen LogP) is -0.00130. The van der Waals surface area contributed by atoms with Crippen LogP contribution in [-0.2, 0) is 13.6 Å². The van der Waals surface area contributed by atoms with Crippen molar-refractivity contribution >= 4 is 5.82 Å². The summed E-state index contributed by atoms with van der Waals surface area (Å²) in [5.74, 6) is 0.569. The number of aromatic nitrogens is 2. The van der Waals surface area contributed by atoms with Crippen LogP contribution in [0.1, 0.15) is 13.3 Å². The van der Waals surface area contributed by atoms with Gasteiger partial charge in [0.05, 0.1) is 0 Å². The highest BCUT2D eigenvalue weighted by molar-refractivity contribution is 5.32. The summed E-state index contributed by atoms with van der Waals surface area (Å²) >= 11 is 0. The summed E-state index contributed by atoms with van der Waals surface area (Å²) in [6, 6.07) is 1.43. The molecule has 0 spiro atoms. The van der Waals surface area contributed by atoms with Crippen molar-refractivity contribution in [1.29, 1.82) is 0 Å². The van der Waals surface area contributed by atoms with Gasteiger partial charge in [0.1, 0.15) is 5.82 Å². The van der Waals surface area contributed by atoms with E-state index in [-0.39, 0.29) is 11.2 Å². The number of nitrogens with zero attached hydrogens (tertiary/aromatic N) is 2. The third-order valence-electron chi connectivity index (χ3n) is 2.10. The van der Waals surface area contributed by atoms with Crippen molar-refractivity contribution in [3.05, 3.63) is 26.9 Å². The minimum absolute atomic E-state index is 0.274. The molecule has 0 radical (unpaired) electrons. The molecule has 0 aliphatic rings. The molecule has 1 N–H and O–H groups in total. The van der Waals surface area contributed by atoms with Gasteiger partial charge in [0.15, 0.2) is 0 Å². The van der Waals surface area contributed by atoms with Gasteiger partial charge < -0.3 is 5.32 Å². The number of hydrogen-bond acceptors (Lipinski definition) is 3. The summed E-state index contributed by atoms with van der Waals surface area (Å²) in [6.45, 7) is 2.60. The average molecular weight is 197 g/mol. The van der Waals surface area contributed by atoms with Gasteiger partial charge in [-0.3, -0.25) is 13.9 Å². The maximum atomic E-state index is 11.6. The van der Waals surface area contributed by atoms with Crippen molar-refractivity contribution < 1.29 is 0 Å². The molecule has 0 saturated carbocycles. The summed E-state index contributed by atoms with van der Waals surface area (Å²) in [5, 5.41) is 2.84. The first-order valence-electron chi connectivity index (χ1n) is 4.60. The summed E-state index contributed by atoms with van der Waals surface area (Å²) in [7, 11) is 3.18. The fraction of sp³-hybridized carbons (Fsp3) is 0.556. The van der Waals surface area contributed by atoms with Crippen molar-refractivity contribution in [2.24, 2.45) is 7.05 Å². The average Bonchev–Trinajstić information content (AvgIpc) is 2.19. The van der Waals surface area contributed by atoms with E-state index in [2.05, 4.69) is 5.32 Å². The van der Waals surface area contributed by atoms with Crippen LogP contribution < -0.4 is 16.6 Å². The van der Waals surface area contributed by atoms with E-state index >= 15 is 0 Å². The van der Waals surface area contributed by atoms with Crippen molar-refractivity contribution in [2.75, 3.05) is 12.4 Å². The van der Waals surface area contributed by atoms with E-state index in [9.17, 15) is 9.59 Å². The Kier molecular flexibility index (Phi) is 3.11. The monoisotopic (exact) mass is 197 g/mol. The van der Waals surface area contributed by atoms with E-state index in [1.807, 2.05) is 6.92 Å². The zero-order chi connectivity index (χ0) is 10.7. The van der Waals surface area contributed by atoms with Gasteiger partial charge in [-0.1, -0.05) is 6.92 Å². The Bertz CT molecular complexity index is 431. The Morgan fingerprint density at radius 1 is 1.43 bits per heavy atom. The lowest BCUT2D eigenvalue weighted by Gasteiger charge is -2.11. The van der Waals surface area contributed by atoms with Crippen LogP contribution in [0.25, 0.3) is 0 Å². The molecule has 0 amide bonds. The SMILES string of the molecule is CCCn1c(NC)cc(=O)n(C)c1=O. The van der Waals surface area contributed by atoms with Crippen LogP contribution in [0.5, 0.6) is 0 Å². The van der Waals surface area contributed by atoms with E-state index in [0.29, 0.717) is 12.4 Å². The van der Waals surface area contributed by atoms with Gasteiger partial charge >= 0.3 is 5.69 Å². The maximum absolute atomic E-state index is 11.6. The second-order valence-electron chi connectivity index (χ2n) is 3.11. The van der Waals surface area contributed by atoms with Crippen LogP contribution in [-0.4, -0.2) is 16.2 Å². The molecule has 1 aromatic rings. The number of anilines is 1. The van der Waals surface area contributed by atoms with Crippen molar-refractivity contribution in [1.82, 2.24) is 9.13 Å². The minimum atomic E-state index is -0.285. The highest BCUT2D eigenvalue weighted by atomic mass is 16.2. The molecule has 14 heavy (non-hydrogen) atoms. The Morgan fingerprint density at radius 2 is 2.07 bits per heavy atom. The predicted molar refractivity (Wildman–Crippen MR) is 55.8 cm³/mol. The van der Waals surface area contributed by atoms with Crippen LogP contribution in [0, 0.1) is 0 Å². The van der Waals surface area contributed by atoms with Gasteiger partial charge in [-0.05, 0) is 6.42 Å². The van der Waals surface area contributed by atoms with Crippen molar-refractivity contribution in [3.8, 4) is 0 Å². The highest BCUT2D eigenvalue weighted by Gasteiger charge is 2.06. The first-order chi connectivity index (χ1) is 6.61. The lowest BCUT2D eigenvalue weighted by Crippen LogP contribution is -2.38. The van der Waals surface area contributed by atoms with Crippen molar-refractivity contribution in [3.63, 3.8) is 0 Å². The zero-order valence-corrected chi connectivity index (χ0v) is 8.70. The summed E-state index contributed by atoms with van der Waals surface area (Å²) in [6.07, 6.45) is 0.854. The third kappa shape index (κ3) is 1.71. The number of hydrogen-bond donors (Lipinski definition) is 1. The maximum Gasteiger partial charge on any atom is 0.332 e. The van der Waals surface area contributed by atoms with E-state index in [0.717, 1.165) is 11.0 Å². The van der Waals surface area contributed by atoms with Gasteiger partial charge in [-0.25, -0.2) is 4.79 Å². The number of nitrogens with one attached hydrogen (secondary N) is 1. The molecule has 1 aromatic heterocycles. The summed E-state index contributed by atoms with van der Waals surface area (Å²) < 4.78 is 2.66. The standard InChI is InChI=1S/C9H15N3O2/c1-4-5-12-7(10-2)6-8(13)11(3)9(12)14/h6,10H,4-5H2,1-3H3. The molecular formula is C9H15N3O2.